The lowest BCUT2D eigenvalue weighted by Crippen LogP contribution is -2.10. The molecule has 1 fully saturated rings. The van der Waals surface area contributed by atoms with Gasteiger partial charge in [0.1, 0.15) is 36.6 Å². The van der Waals surface area contributed by atoms with Crippen molar-refractivity contribution in [2.75, 3.05) is 39.9 Å². The topological polar surface area (TPSA) is 139 Å². The van der Waals surface area contributed by atoms with Gasteiger partial charge in [-0.15, -0.1) is 0 Å². The third-order valence-electron chi connectivity index (χ3n) is 7.93. The standard InChI is InChI=1S/2C11H20O3.C6H13Br.C5H8O3.C4H8O/c2*1-4-9(5-2)6-7-10(12)8-11(13)14-3;1-3-6(4-2)5-7;1-4(6)3-5(7)8-2;1-2-4-5-3-1/h2*9H,4-8H2,1-3H3;6H,3-5H2,1-2H3;3H2,1-2H3;1-4H2. The molecule has 10 nitrogen and oxygen atoms in total. The van der Waals surface area contributed by atoms with Crippen LogP contribution in [0.1, 0.15) is 145 Å². The summed E-state index contributed by atoms with van der Waals surface area (Å²) < 4.78 is 18.0. The van der Waals surface area contributed by atoms with Gasteiger partial charge in [0.2, 0.25) is 0 Å². The van der Waals surface area contributed by atoms with Crippen LogP contribution in [-0.4, -0.2) is 75.1 Å². The molecule has 48 heavy (non-hydrogen) atoms. The van der Waals surface area contributed by atoms with Crippen LogP contribution >= 0.6 is 15.9 Å². The number of carbonyl (C=O) groups is 6. The maximum absolute atomic E-state index is 11.2. The molecule has 0 saturated carbocycles. The first kappa shape index (κ1) is 52.7. The number of ether oxygens (including phenoxy) is 4. The molecule has 1 aliphatic rings. The lowest BCUT2D eigenvalue weighted by molar-refractivity contribution is -0.144. The zero-order valence-corrected chi connectivity index (χ0v) is 33.5. The molecule has 1 rings (SSSR count). The average Bonchev–Trinajstić information content (AvgIpc) is 3.67. The van der Waals surface area contributed by atoms with E-state index in [9.17, 15) is 28.8 Å². The van der Waals surface area contributed by atoms with Crippen LogP contribution in [0.3, 0.4) is 0 Å². The van der Waals surface area contributed by atoms with Gasteiger partial charge in [-0.05, 0) is 50.4 Å². The van der Waals surface area contributed by atoms with Crippen molar-refractivity contribution < 1.29 is 47.7 Å². The Labute approximate surface area is 300 Å². The Hall–Kier alpha value is -2.14. The van der Waals surface area contributed by atoms with Gasteiger partial charge < -0.3 is 18.9 Å². The lowest BCUT2D eigenvalue weighted by atomic mass is 9.96. The highest BCUT2D eigenvalue weighted by atomic mass is 79.9. The molecule has 0 aromatic rings. The SMILES string of the molecule is C1CCOC1.CCC(CC)CBr.CCC(CC)CCC(=O)CC(=O)OC.CCC(CC)CCC(=O)CC(=O)OC.COC(=O)CC(C)=O. The van der Waals surface area contributed by atoms with Crippen LogP contribution in [0.15, 0.2) is 0 Å². The summed E-state index contributed by atoms with van der Waals surface area (Å²) in [6.45, 7) is 16.3. The summed E-state index contributed by atoms with van der Waals surface area (Å²) in [7, 11) is 3.86. The Balaban J connectivity index is -0.000000265. The van der Waals surface area contributed by atoms with Crippen LogP contribution in [0, 0.1) is 17.8 Å². The summed E-state index contributed by atoms with van der Waals surface area (Å²) in [4.78, 5) is 64.3. The molecule has 0 aromatic carbocycles. The summed E-state index contributed by atoms with van der Waals surface area (Å²) in [6, 6.07) is 0. The molecule has 11 heteroatoms. The van der Waals surface area contributed by atoms with Crippen LogP contribution in [0.2, 0.25) is 0 Å². The largest absolute Gasteiger partial charge is 0.469 e. The first-order valence-corrected chi connectivity index (χ1v) is 18.8. The second-order valence-corrected chi connectivity index (χ2v) is 12.3. The summed E-state index contributed by atoms with van der Waals surface area (Å²) in [5.41, 5.74) is 0. The monoisotopic (exact) mass is 752 g/mol. The van der Waals surface area contributed by atoms with Crippen molar-refractivity contribution in [3.05, 3.63) is 0 Å². The van der Waals surface area contributed by atoms with Crippen LogP contribution < -0.4 is 0 Å². The molecule has 1 saturated heterocycles. The van der Waals surface area contributed by atoms with Gasteiger partial charge in [-0.2, -0.15) is 0 Å². The molecule has 0 unspecified atom stereocenters. The van der Waals surface area contributed by atoms with E-state index < -0.39 is 17.9 Å². The van der Waals surface area contributed by atoms with Crippen molar-refractivity contribution >= 4 is 51.2 Å². The molecule has 0 atom stereocenters. The number of alkyl halides is 1. The van der Waals surface area contributed by atoms with E-state index in [2.05, 4.69) is 71.7 Å². The number of Topliss-reactive ketones (excluding diaryl/α,β-unsaturated/α-hetero) is 3. The number of ketones is 3. The maximum atomic E-state index is 11.2. The van der Waals surface area contributed by atoms with Gasteiger partial charge in [0, 0.05) is 31.4 Å². The minimum Gasteiger partial charge on any atom is -0.469 e. The van der Waals surface area contributed by atoms with Crippen LogP contribution in [0.5, 0.6) is 0 Å². The Bertz CT molecular complexity index is 760. The van der Waals surface area contributed by atoms with Crippen molar-refractivity contribution in [2.45, 2.75) is 145 Å². The zero-order valence-electron chi connectivity index (χ0n) is 31.9. The van der Waals surface area contributed by atoms with Gasteiger partial charge in [0.05, 0.1) is 21.3 Å². The second-order valence-electron chi connectivity index (χ2n) is 11.6. The van der Waals surface area contributed by atoms with Gasteiger partial charge >= 0.3 is 17.9 Å². The number of halogens is 1. The summed E-state index contributed by atoms with van der Waals surface area (Å²) in [5.74, 6) is 0.592. The number of esters is 3. The van der Waals surface area contributed by atoms with Crippen molar-refractivity contribution in [1.82, 2.24) is 0 Å². The fourth-order valence-electron chi connectivity index (χ4n) is 4.06. The normalized spacial score (nSPS) is 11.4. The number of rotatable bonds is 19. The summed E-state index contributed by atoms with van der Waals surface area (Å²) >= 11 is 3.44. The van der Waals surface area contributed by atoms with Crippen LogP contribution in [-0.2, 0) is 47.7 Å². The number of hydrogen-bond donors (Lipinski definition) is 0. The molecule has 284 valence electrons. The van der Waals surface area contributed by atoms with Gasteiger partial charge in [-0.25, -0.2) is 0 Å². The van der Waals surface area contributed by atoms with Gasteiger partial charge in [0.25, 0.3) is 0 Å². The highest BCUT2D eigenvalue weighted by molar-refractivity contribution is 9.09. The molecule has 0 amide bonds. The highest BCUT2D eigenvalue weighted by Crippen LogP contribution is 2.16. The summed E-state index contributed by atoms with van der Waals surface area (Å²) in [5, 5.41) is 1.17. The third-order valence-corrected chi connectivity index (χ3v) is 8.85. The minimum atomic E-state index is -0.475. The predicted molar refractivity (Wildman–Crippen MR) is 195 cm³/mol. The first-order valence-electron chi connectivity index (χ1n) is 17.7. The minimum absolute atomic E-state index is 0.0104. The molecule has 0 bridgehead atoms. The zero-order chi connectivity index (χ0) is 37.8. The van der Waals surface area contributed by atoms with Crippen molar-refractivity contribution in [1.29, 1.82) is 0 Å². The molecule has 1 aliphatic heterocycles. The van der Waals surface area contributed by atoms with Gasteiger partial charge in [-0.3, -0.25) is 28.8 Å². The maximum Gasteiger partial charge on any atom is 0.313 e. The lowest BCUT2D eigenvalue weighted by Gasteiger charge is -2.10. The van der Waals surface area contributed by atoms with E-state index >= 15 is 0 Å². The van der Waals surface area contributed by atoms with E-state index in [0.717, 1.165) is 57.7 Å². The third kappa shape index (κ3) is 40.0. The fraction of sp³-hybridized carbons (Fsp3) is 0.838. The van der Waals surface area contributed by atoms with E-state index in [1.807, 2.05) is 0 Å². The second kappa shape index (κ2) is 39.3. The molecule has 0 aliphatic carbocycles. The average molecular weight is 754 g/mol. The Morgan fingerprint density at radius 3 is 1.04 bits per heavy atom. The smallest absolute Gasteiger partial charge is 0.313 e. The Kier molecular flexibility index (Phi) is 43.1. The van der Waals surface area contributed by atoms with E-state index in [4.69, 9.17) is 4.74 Å². The molecule has 0 radical (unpaired) electrons. The van der Waals surface area contributed by atoms with E-state index in [1.54, 1.807) is 0 Å². The summed E-state index contributed by atoms with van der Waals surface area (Å²) in [6.07, 6.45) is 12.1. The van der Waals surface area contributed by atoms with E-state index in [0.29, 0.717) is 24.7 Å². The Morgan fingerprint density at radius 2 is 0.875 bits per heavy atom. The number of hydrogen-bond acceptors (Lipinski definition) is 10. The number of methoxy groups -OCH3 is 3. The van der Waals surface area contributed by atoms with Crippen molar-refractivity contribution in [3.63, 3.8) is 0 Å². The van der Waals surface area contributed by atoms with Gasteiger partial charge in [0.15, 0.2) is 0 Å². The first-order chi connectivity index (χ1) is 22.8. The quantitative estimate of drug-likeness (QED) is 0.0547. The predicted octanol–water partition coefficient (Wildman–Crippen LogP) is 8.42. The molecule has 0 N–H and O–H groups in total. The van der Waals surface area contributed by atoms with Crippen LogP contribution in [0.4, 0.5) is 0 Å². The molecule has 0 aromatic heterocycles. The molecular formula is C37H69BrO10. The molecule has 0 spiro atoms. The number of carbonyl (C=O) groups excluding carboxylic acids is 6. The van der Waals surface area contributed by atoms with Gasteiger partial charge in [-0.1, -0.05) is 96.0 Å². The fourth-order valence-corrected chi connectivity index (χ4v) is 4.98. The Morgan fingerprint density at radius 1 is 0.562 bits per heavy atom. The highest BCUT2D eigenvalue weighted by Gasteiger charge is 2.13. The molecular weight excluding hydrogens is 684 g/mol. The van der Waals surface area contributed by atoms with Crippen LogP contribution in [0.25, 0.3) is 0 Å². The van der Waals surface area contributed by atoms with Crippen molar-refractivity contribution in [3.8, 4) is 0 Å². The molecule has 1 heterocycles. The van der Waals surface area contributed by atoms with E-state index in [1.165, 1.54) is 59.3 Å². The van der Waals surface area contributed by atoms with E-state index in [-0.39, 0.29) is 36.6 Å². The van der Waals surface area contributed by atoms with Crippen molar-refractivity contribution in [2.24, 2.45) is 17.8 Å².